The average Bonchev–Trinajstić information content (AvgIpc) is 3.24. The highest BCUT2D eigenvalue weighted by atomic mass is 16.5. The summed E-state index contributed by atoms with van der Waals surface area (Å²) in [6.07, 6.45) is 4.60. The van der Waals surface area contributed by atoms with Crippen LogP contribution in [0.4, 0.5) is 0 Å². The molecule has 1 fully saturated rings. The predicted octanol–water partition coefficient (Wildman–Crippen LogP) is 4.20. The van der Waals surface area contributed by atoms with Crippen LogP contribution in [0.5, 0.6) is 11.5 Å². The van der Waals surface area contributed by atoms with Gasteiger partial charge in [-0.25, -0.2) is 0 Å². The van der Waals surface area contributed by atoms with E-state index >= 15 is 0 Å². The summed E-state index contributed by atoms with van der Waals surface area (Å²) in [5.41, 5.74) is 1.04. The lowest BCUT2D eigenvalue weighted by Crippen LogP contribution is -2.32. The van der Waals surface area contributed by atoms with E-state index in [-0.39, 0.29) is 12.0 Å². The molecule has 164 valence electrons. The van der Waals surface area contributed by atoms with Gasteiger partial charge in [0.05, 0.1) is 39.0 Å². The molecule has 1 aliphatic rings. The van der Waals surface area contributed by atoms with E-state index in [4.69, 9.17) is 18.9 Å². The predicted molar refractivity (Wildman–Crippen MR) is 114 cm³/mol. The summed E-state index contributed by atoms with van der Waals surface area (Å²) in [5, 5.41) is 0. The molecule has 0 aromatic heterocycles. The molecule has 0 N–H and O–H groups in total. The minimum atomic E-state index is 0.114. The van der Waals surface area contributed by atoms with E-state index in [1.165, 1.54) is 0 Å². The van der Waals surface area contributed by atoms with E-state index in [9.17, 15) is 4.79 Å². The maximum Gasteiger partial charge on any atom is 0.225 e. The van der Waals surface area contributed by atoms with Gasteiger partial charge in [-0.1, -0.05) is 19.9 Å². The molecule has 1 saturated heterocycles. The van der Waals surface area contributed by atoms with Crippen molar-refractivity contribution in [3.63, 3.8) is 0 Å². The van der Waals surface area contributed by atoms with Crippen molar-refractivity contribution in [1.29, 1.82) is 0 Å². The molecule has 0 spiro atoms. The smallest absolute Gasteiger partial charge is 0.225 e. The second-order valence-corrected chi connectivity index (χ2v) is 7.34. The van der Waals surface area contributed by atoms with Gasteiger partial charge in [0.15, 0.2) is 11.5 Å². The minimum Gasteiger partial charge on any atom is -0.490 e. The molecule has 1 aromatic rings. The first kappa shape index (κ1) is 23.5. The van der Waals surface area contributed by atoms with Crippen molar-refractivity contribution in [3.05, 3.63) is 23.8 Å². The molecule has 6 heteroatoms. The van der Waals surface area contributed by atoms with E-state index in [2.05, 4.69) is 13.8 Å². The third-order valence-corrected chi connectivity index (χ3v) is 4.78. The van der Waals surface area contributed by atoms with E-state index in [0.717, 1.165) is 55.9 Å². The molecule has 1 aliphatic heterocycles. The van der Waals surface area contributed by atoms with Gasteiger partial charge in [-0.05, 0) is 50.3 Å². The summed E-state index contributed by atoms with van der Waals surface area (Å²) in [7, 11) is 0. The molecule has 1 unspecified atom stereocenters. The summed E-state index contributed by atoms with van der Waals surface area (Å²) in [6.45, 7) is 10.5. The molecule has 0 saturated carbocycles. The Hall–Kier alpha value is -1.79. The Bertz CT molecular complexity index is 601. The number of rotatable bonds is 14. The molecule has 1 atom stereocenters. The van der Waals surface area contributed by atoms with Gasteiger partial charge in [0.25, 0.3) is 0 Å². The van der Waals surface area contributed by atoms with Crippen LogP contribution in [0.2, 0.25) is 0 Å². The molecule has 1 amide bonds. The quantitative estimate of drug-likeness (QED) is 0.433. The standard InChI is InChI=1S/C23H37NO5/c1-4-12-24(23(25)11-15-26-18-20-8-7-14-28-20)17-19-9-10-21(29-13-5-2)22(16-19)27-6-3/h9-10,16,20H,4-8,11-15,17-18H2,1-3H3. The third-order valence-electron chi connectivity index (χ3n) is 4.78. The number of carbonyl (C=O) groups excluding carboxylic acids is 1. The van der Waals surface area contributed by atoms with Gasteiger partial charge in [-0.2, -0.15) is 0 Å². The summed E-state index contributed by atoms with van der Waals surface area (Å²) < 4.78 is 22.7. The van der Waals surface area contributed by atoms with E-state index in [1.807, 2.05) is 30.0 Å². The maximum absolute atomic E-state index is 12.7. The first-order valence-corrected chi connectivity index (χ1v) is 11.0. The van der Waals surface area contributed by atoms with E-state index in [0.29, 0.717) is 39.4 Å². The van der Waals surface area contributed by atoms with Crippen molar-refractivity contribution in [2.75, 3.05) is 39.6 Å². The third kappa shape index (κ3) is 8.23. The first-order chi connectivity index (χ1) is 14.2. The Morgan fingerprint density at radius 3 is 2.69 bits per heavy atom. The Morgan fingerprint density at radius 1 is 1.14 bits per heavy atom. The van der Waals surface area contributed by atoms with Crippen LogP contribution in [0.3, 0.4) is 0 Å². The van der Waals surface area contributed by atoms with Crippen LogP contribution in [-0.2, 0) is 20.8 Å². The molecule has 0 bridgehead atoms. The fraction of sp³-hybridized carbons (Fsp3) is 0.696. The van der Waals surface area contributed by atoms with Crippen LogP contribution in [0.1, 0.15) is 58.4 Å². The molecule has 0 radical (unpaired) electrons. The SMILES string of the molecule is CCCOc1ccc(CN(CCC)C(=O)CCOCC2CCCO2)cc1OCC. The number of benzene rings is 1. The first-order valence-electron chi connectivity index (χ1n) is 11.0. The zero-order chi connectivity index (χ0) is 20.9. The maximum atomic E-state index is 12.7. The number of nitrogens with zero attached hydrogens (tertiary/aromatic N) is 1. The van der Waals surface area contributed by atoms with E-state index in [1.54, 1.807) is 0 Å². The summed E-state index contributed by atoms with van der Waals surface area (Å²) in [4.78, 5) is 14.6. The summed E-state index contributed by atoms with van der Waals surface area (Å²) in [6, 6.07) is 5.94. The number of amides is 1. The zero-order valence-electron chi connectivity index (χ0n) is 18.3. The number of carbonyl (C=O) groups is 1. The topological polar surface area (TPSA) is 57.2 Å². The molecule has 2 rings (SSSR count). The van der Waals surface area contributed by atoms with Gasteiger partial charge in [0.1, 0.15) is 0 Å². The van der Waals surface area contributed by atoms with Crippen molar-refractivity contribution in [1.82, 2.24) is 4.90 Å². The van der Waals surface area contributed by atoms with Crippen LogP contribution in [0.15, 0.2) is 18.2 Å². The van der Waals surface area contributed by atoms with Gasteiger partial charge < -0.3 is 23.8 Å². The van der Waals surface area contributed by atoms with Crippen molar-refractivity contribution < 1.29 is 23.7 Å². The number of hydrogen-bond acceptors (Lipinski definition) is 5. The molecule has 1 heterocycles. The monoisotopic (exact) mass is 407 g/mol. The van der Waals surface area contributed by atoms with Crippen LogP contribution in [-0.4, -0.2) is 56.5 Å². The fourth-order valence-electron chi connectivity index (χ4n) is 3.34. The number of ether oxygens (including phenoxy) is 4. The van der Waals surface area contributed by atoms with Gasteiger partial charge in [-0.3, -0.25) is 4.79 Å². The minimum absolute atomic E-state index is 0.114. The largest absolute Gasteiger partial charge is 0.490 e. The second-order valence-electron chi connectivity index (χ2n) is 7.34. The second kappa shape index (κ2) is 13.4. The average molecular weight is 408 g/mol. The van der Waals surface area contributed by atoms with Gasteiger partial charge in [0.2, 0.25) is 5.91 Å². The highest BCUT2D eigenvalue weighted by molar-refractivity contribution is 5.76. The van der Waals surface area contributed by atoms with Crippen LogP contribution in [0.25, 0.3) is 0 Å². The van der Waals surface area contributed by atoms with Crippen LogP contribution >= 0.6 is 0 Å². The molecular formula is C23H37NO5. The molecule has 6 nitrogen and oxygen atoms in total. The highest BCUT2D eigenvalue weighted by Crippen LogP contribution is 2.29. The Kier molecular flexibility index (Phi) is 10.9. The summed E-state index contributed by atoms with van der Waals surface area (Å²) in [5.74, 6) is 1.61. The molecule has 0 aliphatic carbocycles. The summed E-state index contributed by atoms with van der Waals surface area (Å²) >= 11 is 0. The molecule has 1 aromatic carbocycles. The normalized spacial score (nSPS) is 16.0. The lowest BCUT2D eigenvalue weighted by Gasteiger charge is -2.23. The lowest BCUT2D eigenvalue weighted by atomic mass is 10.1. The zero-order valence-corrected chi connectivity index (χ0v) is 18.3. The van der Waals surface area contributed by atoms with Gasteiger partial charge in [-0.15, -0.1) is 0 Å². The van der Waals surface area contributed by atoms with Gasteiger partial charge >= 0.3 is 0 Å². The van der Waals surface area contributed by atoms with Crippen LogP contribution in [0, 0.1) is 0 Å². The van der Waals surface area contributed by atoms with Crippen LogP contribution < -0.4 is 9.47 Å². The van der Waals surface area contributed by atoms with E-state index < -0.39 is 0 Å². The van der Waals surface area contributed by atoms with Gasteiger partial charge in [0, 0.05) is 19.7 Å². The highest BCUT2D eigenvalue weighted by Gasteiger charge is 2.17. The Labute approximate surface area is 175 Å². The molecular weight excluding hydrogens is 370 g/mol. The van der Waals surface area contributed by atoms with Crippen molar-refractivity contribution >= 4 is 5.91 Å². The molecule has 29 heavy (non-hydrogen) atoms. The van der Waals surface area contributed by atoms with Crippen molar-refractivity contribution in [2.24, 2.45) is 0 Å². The number of hydrogen-bond donors (Lipinski definition) is 0. The van der Waals surface area contributed by atoms with Crippen molar-refractivity contribution in [2.45, 2.75) is 65.5 Å². The Morgan fingerprint density at radius 2 is 2.00 bits per heavy atom. The lowest BCUT2D eigenvalue weighted by molar-refractivity contribution is -0.133. The fourth-order valence-corrected chi connectivity index (χ4v) is 3.34. The van der Waals surface area contributed by atoms with Crippen molar-refractivity contribution in [3.8, 4) is 11.5 Å². The Balaban J connectivity index is 1.89.